The largest absolute Gasteiger partial charge is 0.341 e. The Morgan fingerprint density at radius 2 is 1.95 bits per heavy atom. The number of carbonyl (C=O) groups is 1. The summed E-state index contributed by atoms with van der Waals surface area (Å²) in [4.78, 5) is 16.0. The van der Waals surface area contributed by atoms with E-state index in [1.807, 2.05) is 35.0 Å². The lowest BCUT2D eigenvalue weighted by molar-refractivity contribution is -0.130. The van der Waals surface area contributed by atoms with E-state index < -0.39 is 15.1 Å². The number of carbonyl (C=O) groups excluding carboxylic acids is 1. The minimum atomic E-state index is -3.19. The molecule has 7 heteroatoms. The van der Waals surface area contributed by atoms with E-state index in [0.29, 0.717) is 25.9 Å². The zero-order valence-electron chi connectivity index (χ0n) is 12.0. The van der Waals surface area contributed by atoms with Crippen molar-refractivity contribution in [3.8, 4) is 0 Å². The molecular formula is C15H17NO3S3. The maximum absolute atomic E-state index is 12.5. The Balaban J connectivity index is 1.72. The number of hydrogen-bond donors (Lipinski definition) is 0. The molecule has 0 aliphatic carbocycles. The van der Waals surface area contributed by atoms with Crippen LogP contribution in [-0.2, 0) is 21.1 Å². The molecular weight excluding hydrogens is 338 g/mol. The molecule has 4 nitrogen and oxygen atoms in total. The summed E-state index contributed by atoms with van der Waals surface area (Å²) in [7, 11) is -3.19. The topological polar surface area (TPSA) is 54.5 Å². The van der Waals surface area contributed by atoms with Gasteiger partial charge in [0.25, 0.3) is 0 Å². The first-order valence-electron chi connectivity index (χ1n) is 7.11. The predicted molar refractivity (Wildman–Crippen MR) is 90.1 cm³/mol. The predicted octanol–water partition coefficient (Wildman–Crippen LogP) is 2.74. The fraction of sp³-hybridized carbons (Fsp3) is 0.400. The third kappa shape index (κ3) is 3.42. The fourth-order valence-corrected chi connectivity index (χ4v) is 6.36. The van der Waals surface area contributed by atoms with Gasteiger partial charge in [0, 0.05) is 22.8 Å². The Kier molecular flexibility index (Phi) is 4.65. The van der Waals surface area contributed by atoms with Crippen LogP contribution in [0.4, 0.5) is 0 Å². The van der Waals surface area contributed by atoms with Gasteiger partial charge in [-0.2, -0.15) is 0 Å². The minimum absolute atomic E-state index is 0.0180. The van der Waals surface area contributed by atoms with Crippen LogP contribution in [0.3, 0.4) is 0 Å². The lowest BCUT2D eigenvalue weighted by atomic mass is 10.2. The summed E-state index contributed by atoms with van der Waals surface area (Å²) < 4.78 is 24.9. The second-order valence-corrected chi connectivity index (χ2v) is 9.61. The van der Waals surface area contributed by atoms with E-state index in [4.69, 9.17) is 0 Å². The maximum Gasteiger partial charge on any atom is 0.227 e. The van der Waals surface area contributed by atoms with Crippen molar-refractivity contribution in [2.75, 3.05) is 18.8 Å². The second-order valence-electron chi connectivity index (χ2n) is 5.30. The van der Waals surface area contributed by atoms with Gasteiger partial charge in [-0.25, -0.2) is 8.42 Å². The van der Waals surface area contributed by atoms with Gasteiger partial charge < -0.3 is 4.90 Å². The zero-order chi connectivity index (χ0) is 15.6. The van der Waals surface area contributed by atoms with Gasteiger partial charge in [-0.1, -0.05) is 12.1 Å². The Bertz CT molecular complexity index is 720. The van der Waals surface area contributed by atoms with Gasteiger partial charge in [0.1, 0.15) is 0 Å². The molecule has 0 spiro atoms. The average Bonchev–Trinajstić information content (AvgIpc) is 3.13. The Hall–Kier alpha value is -1.18. The molecule has 2 aromatic heterocycles. The van der Waals surface area contributed by atoms with E-state index in [1.54, 1.807) is 16.2 Å². The van der Waals surface area contributed by atoms with E-state index in [-0.39, 0.29) is 11.7 Å². The van der Waals surface area contributed by atoms with Gasteiger partial charge in [-0.15, -0.1) is 22.7 Å². The number of hydrogen-bond acceptors (Lipinski definition) is 5. The van der Waals surface area contributed by atoms with Crippen molar-refractivity contribution < 1.29 is 13.2 Å². The first-order valence-corrected chi connectivity index (χ1v) is 10.6. The van der Waals surface area contributed by atoms with Crippen LogP contribution in [0.5, 0.6) is 0 Å². The Morgan fingerprint density at radius 1 is 1.18 bits per heavy atom. The molecule has 3 rings (SSSR count). The van der Waals surface area contributed by atoms with Crippen LogP contribution in [0.1, 0.15) is 21.4 Å². The van der Waals surface area contributed by atoms with E-state index in [2.05, 4.69) is 0 Å². The molecule has 1 atom stereocenters. The van der Waals surface area contributed by atoms with Gasteiger partial charge in [-0.3, -0.25) is 4.79 Å². The monoisotopic (exact) mass is 355 g/mol. The lowest BCUT2D eigenvalue weighted by Gasteiger charge is -2.19. The van der Waals surface area contributed by atoms with Crippen LogP contribution >= 0.6 is 22.7 Å². The highest BCUT2D eigenvalue weighted by molar-refractivity contribution is 7.91. The van der Waals surface area contributed by atoms with Gasteiger partial charge in [0.05, 0.1) is 17.4 Å². The van der Waals surface area contributed by atoms with Crippen LogP contribution in [0.25, 0.3) is 0 Å². The van der Waals surface area contributed by atoms with E-state index in [0.717, 1.165) is 9.75 Å². The summed E-state index contributed by atoms with van der Waals surface area (Å²) in [6.45, 7) is 0.806. The van der Waals surface area contributed by atoms with Crippen LogP contribution in [-0.4, -0.2) is 38.1 Å². The Morgan fingerprint density at radius 3 is 2.64 bits per heavy atom. The third-order valence-electron chi connectivity index (χ3n) is 3.86. The van der Waals surface area contributed by atoms with Gasteiger partial charge in [-0.05, 0) is 29.3 Å². The highest BCUT2D eigenvalue weighted by atomic mass is 32.2. The van der Waals surface area contributed by atoms with E-state index >= 15 is 0 Å². The van der Waals surface area contributed by atoms with Crippen LogP contribution in [0.15, 0.2) is 35.0 Å². The van der Waals surface area contributed by atoms with Gasteiger partial charge >= 0.3 is 0 Å². The van der Waals surface area contributed by atoms with E-state index in [1.165, 1.54) is 11.3 Å². The molecule has 0 radical (unpaired) electrons. The number of nitrogens with zero attached hydrogens (tertiary/aromatic N) is 1. The van der Waals surface area contributed by atoms with Crippen molar-refractivity contribution in [3.05, 3.63) is 44.8 Å². The quantitative estimate of drug-likeness (QED) is 0.851. The van der Waals surface area contributed by atoms with Crippen LogP contribution in [0, 0.1) is 0 Å². The molecule has 0 aromatic carbocycles. The first-order chi connectivity index (χ1) is 10.6. The molecule has 1 fully saturated rings. The van der Waals surface area contributed by atoms with E-state index in [9.17, 15) is 13.2 Å². The van der Waals surface area contributed by atoms with Gasteiger partial charge in [0.15, 0.2) is 9.84 Å². The standard InChI is InChI=1S/C15H17NO3S3/c17-15(11-12-3-1-8-20-12)16-6-5-14(13-4-2-9-21-13)22(18,19)10-7-16/h1-4,8-9,14H,5-7,10-11H2. The summed E-state index contributed by atoms with van der Waals surface area (Å²) in [5.41, 5.74) is 0. The molecule has 2 aromatic rings. The fourth-order valence-electron chi connectivity index (χ4n) is 2.66. The third-order valence-corrected chi connectivity index (χ3v) is 7.98. The van der Waals surface area contributed by atoms with Crippen LogP contribution < -0.4 is 0 Å². The molecule has 0 bridgehead atoms. The summed E-state index contributed by atoms with van der Waals surface area (Å²) >= 11 is 3.03. The molecule has 0 saturated carbocycles. The molecule has 1 saturated heterocycles. The van der Waals surface area contributed by atoms with Crippen LogP contribution in [0.2, 0.25) is 0 Å². The number of sulfone groups is 1. The first kappa shape index (κ1) is 15.7. The number of amides is 1. The molecule has 0 N–H and O–H groups in total. The number of thiophene rings is 2. The second kappa shape index (κ2) is 6.52. The molecule has 1 unspecified atom stereocenters. The minimum Gasteiger partial charge on any atom is -0.341 e. The van der Waals surface area contributed by atoms with Crippen molar-refractivity contribution in [2.24, 2.45) is 0 Å². The molecule has 3 heterocycles. The zero-order valence-corrected chi connectivity index (χ0v) is 14.4. The van der Waals surface area contributed by atoms with Crippen molar-refractivity contribution in [2.45, 2.75) is 18.1 Å². The lowest BCUT2D eigenvalue weighted by Crippen LogP contribution is -2.34. The van der Waals surface area contributed by atoms with Crippen molar-refractivity contribution in [1.82, 2.24) is 4.90 Å². The molecule has 1 amide bonds. The summed E-state index contributed by atoms with van der Waals surface area (Å²) in [5, 5.41) is 3.38. The van der Waals surface area contributed by atoms with Gasteiger partial charge in [0.2, 0.25) is 5.91 Å². The Labute approximate surface area is 138 Å². The number of rotatable bonds is 3. The SMILES string of the molecule is O=C(Cc1cccs1)N1CCC(c2cccs2)S(=O)(=O)CC1. The molecule has 1 aliphatic heterocycles. The summed E-state index contributed by atoms with van der Waals surface area (Å²) in [6.07, 6.45) is 0.848. The smallest absolute Gasteiger partial charge is 0.227 e. The van der Waals surface area contributed by atoms with Crippen molar-refractivity contribution in [3.63, 3.8) is 0 Å². The molecule has 22 heavy (non-hydrogen) atoms. The highest BCUT2D eigenvalue weighted by Crippen LogP contribution is 2.32. The summed E-state index contributed by atoms with van der Waals surface area (Å²) in [5.74, 6) is 0.0654. The maximum atomic E-state index is 12.5. The summed E-state index contributed by atoms with van der Waals surface area (Å²) in [6, 6.07) is 7.61. The average molecular weight is 356 g/mol. The molecule has 118 valence electrons. The molecule has 1 aliphatic rings. The highest BCUT2D eigenvalue weighted by Gasteiger charge is 2.33. The van der Waals surface area contributed by atoms with Crippen molar-refractivity contribution >= 4 is 38.4 Å². The van der Waals surface area contributed by atoms with Crippen molar-refractivity contribution in [1.29, 1.82) is 0 Å². The normalized spacial score (nSPS) is 21.5.